The van der Waals surface area contributed by atoms with Crippen molar-refractivity contribution in [1.29, 1.82) is 0 Å². The molecule has 0 heterocycles. The smallest absolute Gasteiger partial charge is 0.125 e. The lowest BCUT2D eigenvalue weighted by molar-refractivity contribution is 0.320. The Morgan fingerprint density at radius 3 is 2.89 bits per heavy atom. The molecule has 1 aromatic rings. The van der Waals surface area contributed by atoms with Crippen LogP contribution in [-0.4, -0.2) is 13.2 Å². The Bertz CT molecular complexity index is 448. The van der Waals surface area contributed by atoms with Gasteiger partial charge in [-0.2, -0.15) is 0 Å². The molecule has 0 aliphatic heterocycles. The summed E-state index contributed by atoms with van der Waals surface area (Å²) in [5.41, 5.74) is 1.20. The maximum Gasteiger partial charge on any atom is 0.125 e. The van der Waals surface area contributed by atoms with Crippen LogP contribution in [-0.2, 0) is 0 Å². The van der Waals surface area contributed by atoms with E-state index in [4.69, 9.17) is 4.74 Å². The third-order valence-corrected chi connectivity index (χ3v) is 3.30. The second-order valence-corrected chi connectivity index (χ2v) is 5.30. The van der Waals surface area contributed by atoms with Crippen LogP contribution in [0.2, 0.25) is 0 Å². The molecule has 1 unspecified atom stereocenters. The van der Waals surface area contributed by atoms with E-state index in [9.17, 15) is 0 Å². The molecule has 0 aliphatic carbocycles. The zero-order chi connectivity index (χ0) is 14.1. The number of hydrogen-bond donors (Lipinski definition) is 1. The summed E-state index contributed by atoms with van der Waals surface area (Å²) in [6.07, 6.45) is 1.89. The average Bonchev–Trinajstić information content (AvgIpc) is 2.41. The summed E-state index contributed by atoms with van der Waals surface area (Å²) in [5.74, 6) is 6.83. The quantitative estimate of drug-likeness (QED) is 0.596. The normalized spacial score (nSPS) is 11.6. The Kier molecular flexibility index (Phi) is 7.62. The van der Waals surface area contributed by atoms with Crippen molar-refractivity contribution in [2.24, 2.45) is 0 Å². The zero-order valence-corrected chi connectivity index (χ0v) is 13.5. The van der Waals surface area contributed by atoms with Crippen molar-refractivity contribution in [3.05, 3.63) is 28.2 Å². The summed E-state index contributed by atoms with van der Waals surface area (Å²) in [6.45, 7) is 7.82. The van der Waals surface area contributed by atoms with E-state index in [2.05, 4.69) is 59.1 Å². The van der Waals surface area contributed by atoms with Crippen LogP contribution in [0.5, 0.6) is 5.75 Å². The molecule has 0 spiro atoms. The molecule has 2 nitrogen and oxygen atoms in total. The van der Waals surface area contributed by atoms with Crippen LogP contribution in [0.3, 0.4) is 0 Å². The Morgan fingerprint density at radius 1 is 1.42 bits per heavy atom. The molecule has 1 rings (SSSR count). The molecule has 0 amide bonds. The highest BCUT2D eigenvalue weighted by molar-refractivity contribution is 9.10. The highest BCUT2D eigenvalue weighted by Gasteiger charge is 2.11. The van der Waals surface area contributed by atoms with E-state index >= 15 is 0 Å². The van der Waals surface area contributed by atoms with Gasteiger partial charge in [-0.05, 0) is 38.9 Å². The maximum atomic E-state index is 5.85. The Labute approximate surface area is 125 Å². The first-order valence-electron chi connectivity index (χ1n) is 6.74. The summed E-state index contributed by atoms with van der Waals surface area (Å²) >= 11 is 3.49. The molecular formula is C16H22BrNO. The molecule has 0 saturated heterocycles. The van der Waals surface area contributed by atoms with Gasteiger partial charge in [0.25, 0.3) is 0 Å². The predicted molar refractivity (Wildman–Crippen MR) is 84.4 cm³/mol. The lowest BCUT2D eigenvalue weighted by atomic mass is 10.1. The number of nitrogens with one attached hydrogen (secondary N) is 1. The molecule has 19 heavy (non-hydrogen) atoms. The monoisotopic (exact) mass is 323 g/mol. The first-order valence-corrected chi connectivity index (χ1v) is 7.53. The summed E-state index contributed by atoms with van der Waals surface area (Å²) < 4.78 is 6.89. The molecular weight excluding hydrogens is 302 g/mol. The molecule has 0 aliphatic rings. The van der Waals surface area contributed by atoms with Gasteiger partial charge >= 0.3 is 0 Å². The largest absolute Gasteiger partial charge is 0.492 e. The van der Waals surface area contributed by atoms with E-state index in [-0.39, 0.29) is 0 Å². The van der Waals surface area contributed by atoms with Crippen molar-refractivity contribution < 1.29 is 4.74 Å². The molecule has 0 fully saturated rings. The van der Waals surface area contributed by atoms with Gasteiger partial charge < -0.3 is 10.1 Å². The average molecular weight is 324 g/mol. The fourth-order valence-electron chi connectivity index (χ4n) is 1.80. The summed E-state index contributed by atoms with van der Waals surface area (Å²) in [7, 11) is 0. The summed E-state index contributed by atoms with van der Waals surface area (Å²) in [5, 5.41) is 3.49. The van der Waals surface area contributed by atoms with Gasteiger partial charge in [0.05, 0.1) is 6.61 Å². The molecule has 0 saturated carbocycles. The van der Waals surface area contributed by atoms with E-state index in [1.54, 1.807) is 0 Å². The van der Waals surface area contributed by atoms with E-state index in [1.807, 2.05) is 13.0 Å². The predicted octanol–water partition coefficient (Wildman–Crippen LogP) is 4.30. The van der Waals surface area contributed by atoms with Crippen molar-refractivity contribution in [3.63, 3.8) is 0 Å². The Hall–Kier alpha value is -0.980. The van der Waals surface area contributed by atoms with E-state index in [0.717, 1.165) is 29.6 Å². The van der Waals surface area contributed by atoms with Gasteiger partial charge in [-0.1, -0.05) is 28.9 Å². The van der Waals surface area contributed by atoms with Gasteiger partial charge in [-0.3, -0.25) is 0 Å². The van der Waals surface area contributed by atoms with E-state index in [1.165, 1.54) is 5.56 Å². The molecule has 0 bridgehead atoms. The van der Waals surface area contributed by atoms with Crippen LogP contribution >= 0.6 is 15.9 Å². The van der Waals surface area contributed by atoms with E-state index in [0.29, 0.717) is 12.6 Å². The third-order valence-electron chi connectivity index (χ3n) is 2.80. The molecule has 1 N–H and O–H groups in total. The van der Waals surface area contributed by atoms with Crippen LogP contribution in [0.4, 0.5) is 0 Å². The van der Waals surface area contributed by atoms with Crippen molar-refractivity contribution in [3.8, 4) is 17.6 Å². The number of halogens is 1. The van der Waals surface area contributed by atoms with Gasteiger partial charge in [0.2, 0.25) is 0 Å². The van der Waals surface area contributed by atoms with Crippen LogP contribution < -0.4 is 10.1 Å². The van der Waals surface area contributed by atoms with Crippen molar-refractivity contribution in [2.75, 3.05) is 13.2 Å². The Morgan fingerprint density at radius 2 is 2.21 bits per heavy atom. The van der Waals surface area contributed by atoms with Gasteiger partial charge in [0, 0.05) is 22.5 Å². The van der Waals surface area contributed by atoms with Gasteiger partial charge in [-0.25, -0.2) is 0 Å². The van der Waals surface area contributed by atoms with Crippen LogP contribution in [0.1, 0.15) is 45.2 Å². The molecule has 3 heteroatoms. The summed E-state index contributed by atoms with van der Waals surface area (Å²) in [6, 6.07) is 6.48. The van der Waals surface area contributed by atoms with Crippen LogP contribution in [0.15, 0.2) is 22.7 Å². The minimum atomic E-state index is 0.292. The third kappa shape index (κ3) is 5.67. The SMILES string of the molecule is CC#CCCOc1cc(Br)ccc1C(C)NCCC. The second-order valence-electron chi connectivity index (χ2n) is 4.38. The lowest BCUT2D eigenvalue weighted by Crippen LogP contribution is -2.20. The Balaban J connectivity index is 2.74. The highest BCUT2D eigenvalue weighted by Crippen LogP contribution is 2.28. The maximum absolute atomic E-state index is 5.85. The number of benzene rings is 1. The standard InChI is InChI=1S/C16H22BrNO/c1-4-6-7-11-19-16-12-14(17)8-9-15(16)13(3)18-10-5-2/h8-9,12-13,18H,5,7,10-11H2,1-3H3. The highest BCUT2D eigenvalue weighted by atomic mass is 79.9. The molecule has 0 aromatic heterocycles. The van der Waals surface area contributed by atoms with Crippen molar-refractivity contribution in [1.82, 2.24) is 5.32 Å². The topological polar surface area (TPSA) is 21.3 Å². The van der Waals surface area contributed by atoms with Crippen molar-refractivity contribution >= 4 is 15.9 Å². The lowest BCUT2D eigenvalue weighted by Gasteiger charge is -2.18. The molecule has 0 radical (unpaired) electrons. The number of ether oxygens (including phenoxy) is 1. The number of rotatable bonds is 7. The van der Waals surface area contributed by atoms with E-state index < -0.39 is 0 Å². The van der Waals surface area contributed by atoms with Gasteiger partial charge in [-0.15, -0.1) is 11.8 Å². The summed E-state index contributed by atoms with van der Waals surface area (Å²) in [4.78, 5) is 0. The number of hydrogen-bond acceptors (Lipinski definition) is 2. The first kappa shape index (κ1) is 16.1. The minimum absolute atomic E-state index is 0.292. The zero-order valence-electron chi connectivity index (χ0n) is 11.9. The first-order chi connectivity index (χ1) is 9.19. The van der Waals surface area contributed by atoms with Gasteiger partial charge in [0.1, 0.15) is 5.75 Å². The minimum Gasteiger partial charge on any atom is -0.492 e. The molecule has 104 valence electrons. The molecule has 1 atom stereocenters. The van der Waals surface area contributed by atoms with Crippen LogP contribution in [0, 0.1) is 11.8 Å². The fourth-order valence-corrected chi connectivity index (χ4v) is 2.14. The van der Waals surface area contributed by atoms with Crippen LogP contribution in [0.25, 0.3) is 0 Å². The van der Waals surface area contributed by atoms with Gasteiger partial charge in [0.15, 0.2) is 0 Å². The fraction of sp³-hybridized carbons (Fsp3) is 0.500. The van der Waals surface area contributed by atoms with Crippen molar-refractivity contribution in [2.45, 2.75) is 39.7 Å². The second kappa shape index (κ2) is 9.01. The molecule has 1 aromatic carbocycles.